The van der Waals surface area contributed by atoms with Crippen LogP contribution in [-0.2, 0) is 13.6 Å². The SMILES string of the molecule is Cc1nn(C)c2ncc(CNc3ccc(Br)cc3)cc12. The average molecular weight is 331 g/mol. The summed E-state index contributed by atoms with van der Waals surface area (Å²) in [5.74, 6) is 0. The summed E-state index contributed by atoms with van der Waals surface area (Å²) >= 11 is 3.43. The monoisotopic (exact) mass is 330 g/mol. The summed E-state index contributed by atoms with van der Waals surface area (Å²) in [6.07, 6.45) is 1.90. The van der Waals surface area contributed by atoms with Crippen LogP contribution >= 0.6 is 15.9 Å². The second-order valence-corrected chi connectivity index (χ2v) is 5.70. The zero-order valence-electron chi connectivity index (χ0n) is 11.4. The van der Waals surface area contributed by atoms with Crippen molar-refractivity contribution < 1.29 is 0 Å². The number of benzene rings is 1. The van der Waals surface area contributed by atoms with E-state index in [0.29, 0.717) is 0 Å². The Balaban J connectivity index is 1.80. The van der Waals surface area contributed by atoms with Gasteiger partial charge in [-0.3, -0.25) is 4.68 Å². The van der Waals surface area contributed by atoms with Gasteiger partial charge >= 0.3 is 0 Å². The van der Waals surface area contributed by atoms with E-state index >= 15 is 0 Å². The Morgan fingerprint density at radius 3 is 2.75 bits per heavy atom. The van der Waals surface area contributed by atoms with Gasteiger partial charge in [0.05, 0.1) is 5.69 Å². The van der Waals surface area contributed by atoms with Gasteiger partial charge in [0.1, 0.15) is 0 Å². The fourth-order valence-electron chi connectivity index (χ4n) is 2.22. The molecule has 1 N–H and O–H groups in total. The maximum Gasteiger partial charge on any atom is 0.157 e. The molecule has 0 radical (unpaired) electrons. The van der Waals surface area contributed by atoms with Crippen molar-refractivity contribution in [3.05, 3.63) is 52.3 Å². The smallest absolute Gasteiger partial charge is 0.157 e. The number of hydrogen-bond acceptors (Lipinski definition) is 3. The number of pyridine rings is 1. The van der Waals surface area contributed by atoms with Crippen molar-refractivity contribution in [1.82, 2.24) is 14.8 Å². The zero-order valence-corrected chi connectivity index (χ0v) is 13.0. The topological polar surface area (TPSA) is 42.7 Å². The lowest BCUT2D eigenvalue weighted by atomic mass is 10.2. The fraction of sp³-hybridized carbons (Fsp3) is 0.200. The van der Waals surface area contributed by atoms with Gasteiger partial charge in [-0.25, -0.2) is 4.98 Å². The highest BCUT2D eigenvalue weighted by Crippen LogP contribution is 2.18. The molecule has 0 saturated heterocycles. The van der Waals surface area contributed by atoms with E-state index in [1.165, 1.54) is 0 Å². The molecule has 0 spiro atoms. The van der Waals surface area contributed by atoms with Crippen LogP contribution in [0, 0.1) is 6.92 Å². The Morgan fingerprint density at radius 1 is 1.25 bits per heavy atom. The lowest BCUT2D eigenvalue weighted by Gasteiger charge is -2.06. The first kappa shape index (κ1) is 13.1. The summed E-state index contributed by atoms with van der Waals surface area (Å²) in [5, 5.41) is 8.89. The van der Waals surface area contributed by atoms with Gasteiger partial charge in [0, 0.05) is 35.3 Å². The van der Waals surface area contributed by atoms with Gasteiger partial charge in [-0.1, -0.05) is 15.9 Å². The number of halogens is 1. The van der Waals surface area contributed by atoms with Crippen LogP contribution in [-0.4, -0.2) is 14.8 Å². The quantitative estimate of drug-likeness (QED) is 0.797. The molecule has 0 fully saturated rings. The summed E-state index contributed by atoms with van der Waals surface area (Å²) in [6, 6.07) is 10.3. The number of hydrogen-bond donors (Lipinski definition) is 1. The van der Waals surface area contributed by atoms with E-state index < -0.39 is 0 Å². The van der Waals surface area contributed by atoms with E-state index in [4.69, 9.17) is 0 Å². The summed E-state index contributed by atoms with van der Waals surface area (Å²) in [6.45, 7) is 2.76. The summed E-state index contributed by atoms with van der Waals surface area (Å²) in [7, 11) is 1.92. The Morgan fingerprint density at radius 2 is 2.00 bits per heavy atom. The minimum Gasteiger partial charge on any atom is -0.381 e. The molecular weight excluding hydrogens is 316 g/mol. The van der Waals surface area contributed by atoms with E-state index in [2.05, 4.69) is 37.4 Å². The van der Waals surface area contributed by atoms with Crippen LogP contribution in [0.5, 0.6) is 0 Å². The van der Waals surface area contributed by atoms with Gasteiger partial charge in [0.15, 0.2) is 5.65 Å². The maximum absolute atomic E-state index is 4.48. The van der Waals surface area contributed by atoms with Crippen molar-refractivity contribution in [3.63, 3.8) is 0 Å². The number of aromatic nitrogens is 3. The first-order valence-electron chi connectivity index (χ1n) is 6.41. The molecule has 1 aromatic carbocycles. The Bertz CT molecular complexity index is 746. The van der Waals surface area contributed by atoms with Crippen molar-refractivity contribution in [2.45, 2.75) is 13.5 Å². The first-order valence-corrected chi connectivity index (χ1v) is 7.20. The number of nitrogens with zero attached hydrogens (tertiary/aromatic N) is 3. The summed E-state index contributed by atoms with van der Waals surface area (Å²) in [5.41, 5.74) is 4.18. The Hall–Kier alpha value is -1.88. The van der Waals surface area contributed by atoms with Gasteiger partial charge in [0.2, 0.25) is 0 Å². The van der Waals surface area contributed by atoms with E-state index in [0.717, 1.165) is 39.0 Å². The van der Waals surface area contributed by atoms with Crippen molar-refractivity contribution in [1.29, 1.82) is 0 Å². The van der Waals surface area contributed by atoms with Crippen molar-refractivity contribution in [3.8, 4) is 0 Å². The Kier molecular flexibility index (Phi) is 3.44. The fourth-order valence-corrected chi connectivity index (χ4v) is 2.48. The predicted molar refractivity (Wildman–Crippen MR) is 84.7 cm³/mol. The largest absolute Gasteiger partial charge is 0.381 e. The molecule has 4 nitrogen and oxygen atoms in total. The maximum atomic E-state index is 4.48. The van der Waals surface area contributed by atoms with E-state index in [1.54, 1.807) is 0 Å². The third-order valence-corrected chi connectivity index (χ3v) is 3.79. The minimum atomic E-state index is 0.749. The average Bonchev–Trinajstić information content (AvgIpc) is 2.73. The first-order chi connectivity index (χ1) is 9.63. The molecule has 3 rings (SSSR count). The molecule has 0 aliphatic carbocycles. The predicted octanol–water partition coefficient (Wildman–Crippen LogP) is 3.65. The van der Waals surface area contributed by atoms with Crippen LogP contribution in [0.25, 0.3) is 11.0 Å². The number of aryl methyl sites for hydroxylation is 2. The second kappa shape index (κ2) is 5.25. The lowest BCUT2D eigenvalue weighted by Crippen LogP contribution is -2.00. The van der Waals surface area contributed by atoms with Crippen LogP contribution in [0.3, 0.4) is 0 Å². The zero-order chi connectivity index (χ0) is 14.1. The van der Waals surface area contributed by atoms with Crippen LogP contribution in [0.15, 0.2) is 41.0 Å². The van der Waals surface area contributed by atoms with Gasteiger partial charge < -0.3 is 5.32 Å². The van der Waals surface area contributed by atoms with Crippen LogP contribution in [0.1, 0.15) is 11.3 Å². The van der Waals surface area contributed by atoms with E-state index in [-0.39, 0.29) is 0 Å². The highest BCUT2D eigenvalue weighted by Gasteiger charge is 2.06. The normalized spacial score (nSPS) is 10.9. The van der Waals surface area contributed by atoms with Gasteiger partial charge in [-0.05, 0) is 42.8 Å². The van der Waals surface area contributed by atoms with E-state index in [9.17, 15) is 0 Å². The molecule has 2 aromatic heterocycles. The summed E-state index contributed by atoms with van der Waals surface area (Å²) in [4.78, 5) is 4.48. The highest BCUT2D eigenvalue weighted by atomic mass is 79.9. The third-order valence-electron chi connectivity index (χ3n) is 3.26. The molecule has 0 unspecified atom stereocenters. The van der Waals surface area contributed by atoms with Crippen LogP contribution < -0.4 is 5.32 Å². The highest BCUT2D eigenvalue weighted by molar-refractivity contribution is 9.10. The molecular formula is C15H15BrN4. The van der Waals surface area contributed by atoms with Crippen molar-refractivity contribution >= 4 is 32.7 Å². The Labute approximate surface area is 126 Å². The van der Waals surface area contributed by atoms with Crippen molar-refractivity contribution in [2.75, 3.05) is 5.32 Å². The molecule has 3 aromatic rings. The molecule has 102 valence electrons. The van der Waals surface area contributed by atoms with Gasteiger partial charge in [-0.15, -0.1) is 0 Å². The molecule has 0 saturated carbocycles. The number of nitrogens with one attached hydrogen (secondary N) is 1. The van der Waals surface area contributed by atoms with Crippen LogP contribution in [0.2, 0.25) is 0 Å². The van der Waals surface area contributed by atoms with Gasteiger partial charge in [-0.2, -0.15) is 5.10 Å². The molecule has 20 heavy (non-hydrogen) atoms. The van der Waals surface area contributed by atoms with Crippen LogP contribution in [0.4, 0.5) is 5.69 Å². The molecule has 0 aliphatic rings. The summed E-state index contributed by atoms with van der Waals surface area (Å²) < 4.78 is 2.90. The molecule has 0 aliphatic heterocycles. The lowest BCUT2D eigenvalue weighted by molar-refractivity contribution is 0.773. The molecule has 0 amide bonds. The number of rotatable bonds is 3. The standard InChI is InChI=1S/C15H15BrN4/c1-10-14-7-11(9-18-15(14)20(2)19-10)8-17-13-5-3-12(16)4-6-13/h3-7,9,17H,8H2,1-2H3. The number of fused-ring (bicyclic) bond motifs is 1. The number of anilines is 1. The molecule has 0 bridgehead atoms. The third kappa shape index (κ3) is 2.54. The van der Waals surface area contributed by atoms with Crippen molar-refractivity contribution in [2.24, 2.45) is 7.05 Å². The minimum absolute atomic E-state index is 0.749. The van der Waals surface area contributed by atoms with Gasteiger partial charge in [0.25, 0.3) is 0 Å². The molecule has 2 heterocycles. The second-order valence-electron chi connectivity index (χ2n) is 4.78. The van der Waals surface area contributed by atoms with E-state index in [1.807, 2.05) is 49.1 Å². The molecule has 0 atom stereocenters. The molecule has 5 heteroatoms.